The standard InChI is InChI=1S/C35H36BrN3O4/c1-25-8-10-26(11-9-25)20-21-37-39-34(41)35(24-27-12-16-30(36)17-13-27)32(28-6-3-2-4-7-28)43-33(38-35)29-14-18-31(19-15-29)42-23-5-22-40/h2-4,6-19,32,37,40H,5,20-24H2,1H3,(H,39,41)/t32-,35-/m0/s1. The van der Waals surface area contributed by atoms with Crippen molar-refractivity contribution in [2.24, 2.45) is 4.99 Å². The molecular formula is C35H36BrN3O4. The topological polar surface area (TPSA) is 92.2 Å². The highest BCUT2D eigenvalue weighted by Crippen LogP contribution is 2.42. The summed E-state index contributed by atoms with van der Waals surface area (Å²) >= 11 is 3.52. The number of amides is 1. The average molecular weight is 643 g/mol. The number of hydrazine groups is 1. The van der Waals surface area contributed by atoms with Gasteiger partial charge < -0.3 is 14.6 Å². The van der Waals surface area contributed by atoms with E-state index in [-0.39, 0.29) is 12.5 Å². The second kappa shape index (κ2) is 14.5. The largest absolute Gasteiger partial charge is 0.494 e. The molecule has 0 saturated heterocycles. The monoisotopic (exact) mass is 641 g/mol. The zero-order chi connectivity index (χ0) is 30.1. The molecule has 1 heterocycles. The van der Waals surface area contributed by atoms with Crippen LogP contribution in [0.4, 0.5) is 0 Å². The summed E-state index contributed by atoms with van der Waals surface area (Å²) in [6.07, 6.45) is 0.993. The van der Waals surface area contributed by atoms with Gasteiger partial charge in [-0.05, 0) is 66.4 Å². The molecule has 0 unspecified atom stereocenters. The summed E-state index contributed by atoms with van der Waals surface area (Å²) in [5, 5.41) is 9.04. The second-order valence-electron chi connectivity index (χ2n) is 10.6. The minimum Gasteiger partial charge on any atom is -0.494 e. The molecule has 0 fully saturated rings. The van der Waals surface area contributed by atoms with E-state index in [2.05, 4.69) is 58.0 Å². The SMILES string of the molecule is Cc1ccc(CCNNC(=O)[C@@]2(Cc3ccc(Br)cc3)N=C(c3ccc(OCCCO)cc3)O[C@H]2c2ccccc2)cc1. The highest BCUT2D eigenvalue weighted by molar-refractivity contribution is 9.10. The maximum Gasteiger partial charge on any atom is 0.266 e. The lowest BCUT2D eigenvalue weighted by atomic mass is 9.82. The quantitative estimate of drug-likeness (QED) is 0.125. The number of halogens is 1. The molecule has 1 amide bonds. The number of carbonyl (C=O) groups excluding carboxylic acids is 1. The number of aliphatic hydroxyl groups is 1. The lowest BCUT2D eigenvalue weighted by Gasteiger charge is -2.31. The van der Waals surface area contributed by atoms with Gasteiger partial charge in [0.25, 0.3) is 5.91 Å². The summed E-state index contributed by atoms with van der Waals surface area (Å²) in [4.78, 5) is 19.3. The maximum absolute atomic E-state index is 14.2. The number of aliphatic imine (C=N–C) groups is 1. The third kappa shape index (κ3) is 7.70. The first-order chi connectivity index (χ1) is 21.0. The molecule has 7 nitrogen and oxygen atoms in total. The molecule has 0 radical (unpaired) electrons. The van der Waals surface area contributed by atoms with Crippen LogP contribution < -0.4 is 15.6 Å². The van der Waals surface area contributed by atoms with E-state index in [0.29, 0.717) is 37.6 Å². The van der Waals surface area contributed by atoms with Gasteiger partial charge in [0.1, 0.15) is 5.75 Å². The Bertz CT molecular complexity index is 1510. The van der Waals surface area contributed by atoms with Crippen molar-refractivity contribution in [2.45, 2.75) is 37.8 Å². The molecule has 5 rings (SSSR count). The fourth-order valence-electron chi connectivity index (χ4n) is 5.04. The molecule has 4 aromatic rings. The van der Waals surface area contributed by atoms with Gasteiger partial charge in [-0.1, -0.05) is 88.2 Å². The zero-order valence-electron chi connectivity index (χ0n) is 24.1. The van der Waals surface area contributed by atoms with Crippen molar-refractivity contribution in [2.75, 3.05) is 19.8 Å². The van der Waals surface area contributed by atoms with E-state index >= 15 is 0 Å². The smallest absolute Gasteiger partial charge is 0.266 e. The number of rotatable bonds is 13. The van der Waals surface area contributed by atoms with Crippen molar-refractivity contribution >= 4 is 27.7 Å². The van der Waals surface area contributed by atoms with Crippen LogP contribution in [0.15, 0.2) is 113 Å². The number of ether oxygens (including phenoxy) is 2. The van der Waals surface area contributed by atoms with Gasteiger partial charge in [-0.2, -0.15) is 0 Å². The zero-order valence-corrected chi connectivity index (χ0v) is 25.7. The molecule has 3 N–H and O–H groups in total. The van der Waals surface area contributed by atoms with Crippen LogP contribution in [0.5, 0.6) is 5.75 Å². The third-order valence-electron chi connectivity index (χ3n) is 7.38. The first-order valence-corrected chi connectivity index (χ1v) is 15.2. The van der Waals surface area contributed by atoms with E-state index in [1.165, 1.54) is 11.1 Å². The average Bonchev–Trinajstić information content (AvgIpc) is 3.42. The summed E-state index contributed by atoms with van der Waals surface area (Å²) in [5.41, 5.74) is 9.78. The third-order valence-corrected chi connectivity index (χ3v) is 7.91. The Morgan fingerprint density at radius 3 is 2.35 bits per heavy atom. The van der Waals surface area contributed by atoms with Crippen molar-refractivity contribution < 1.29 is 19.4 Å². The molecule has 0 saturated carbocycles. The van der Waals surface area contributed by atoms with Crippen LogP contribution in [0.1, 0.15) is 40.3 Å². The van der Waals surface area contributed by atoms with Crippen molar-refractivity contribution in [3.05, 3.63) is 135 Å². The number of hydrogen-bond acceptors (Lipinski definition) is 6. The van der Waals surface area contributed by atoms with Gasteiger partial charge >= 0.3 is 0 Å². The van der Waals surface area contributed by atoms with E-state index in [4.69, 9.17) is 19.6 Å². The van der Waals surface area contributed by atoms with E-state index in [1.807, 2.05) is 78.9 Å². The van der Waals surface area contributed by atoms with E-state index in [1.54, 1.807) is 0 Å². The van der Waals surface area contributed by atoms with Gasteiger partial charge in [0.15, 0.2) is 11.6 Å². The fraction of sp³-hybridized carbons (Fsp3) is 0.257. The number of aliphatic hydroxyl groups excluding tert-OH is 1. The van der Waals surface area contributed by atoms with Gasteiger partial charge in [-0.15, -0.1) is 0 Å². The van der Waals surface area contributed by atoms with Crippen LogP contribution in [-0.2, 0) is 22.4 Å². The van der Waals surface area contributed by atoms with Gasteiger partial charge in [0, 0.05) is 36.0 Å². The molecule has 0 aromatic heterocycles. The summed E-state index contributed by atoms with van der Waals surface area (Å²) in [5.74, 6) is 0.807. The molecule has 1 aliphatic heterocycles. The molecule has 222 valence electrons. The van der Waals surface area contributed by atoms with Crippen molar-refractivity contribution in [3.8, 4) is 5.75 Å². The van der Waals surface area contributed by atoms with Crippen LogP contribution >= 0.6 is 15.9 Å². The molecule has 0 spiro atoms. The van der Waals surface area contributed by atoms with Crippen LogP contribution in [-0.4, -0.2) is 42.2 Å². The minimum atomic E-state index is -1.28. The Morgan fingerprint density at radius 2 is 1.65 bits per heavy atom. The molecular weight excluding hydrogens is 606 g/mol. The highest BCUT2D eigenvalue weighted by atomic mass is 79.9. The van der Waals surface area contributed by atoms with Gasteiger partial charge in [-0.3, -0.25) is 10.2 Å². The minimum absolute atomic E-state index is 0.0763. The van der Waals surface area contributed by atoms with E-state index in [9.17, 15) is 4.79 Å². The number of benzene rings is 4. The lowest BCUT2D eigenvalue weighted by Crippen LogP contribution is -2.54. The van der Waals surface area contributed by atoms with E-state index < -0.39 is 11.6 Å². The second-order valence-corrected chi connectivity index (χ2v) is 11.5. The van der Waals surface area contributed by atoms with Crippen LogP contribution in [0.25, 0.3) is 0 Å². The Morgan fingerprint density at radius 1 is 0.953 bits per heavy atom. The Kier molecular flexibility index (Phi) is 10.3. The molecule has 4 aromatic carbocycles. The molecule has 43 heavy (non-hydrogen) atoms. The highest BCUT2D eigenvalue weighted by Gasteiger charge is 2.53. The van der Waals surface area contributed by atoms with Gasteiger partial charge in [0.2, 0.25) is 5.90 Å². The fourth-order valence-corrected chi connectivity index (χ4v) is 5.30. The summed E-state index contributed by atoms with van der Waals surface area (Å²) in [7, 11) is 0. The Labute approximate surface area is 261 Å². The Hall–Kier alpha value is -3.98. The summed E-state index contributed by atoms with van der Waals surface area (Å²) in [6.45, 7) is 3.13. The summed E-state index contributed by atoms with van der Waals surface area (Å²) in [6, 6.07) is 33.5. The first-order valence-electron chi connectivity index (χ1n) is 14.5. The summed E-state index contributed by atoms with van der Waals surface area (Å²) < 4.78 is 13.2. The molecule has 0 bridgehead atoms. The number of aryl methyl sites for hydroxylation is 1. The lowest BCUT2D eigenvalue weighted by molar-refractivity contribution is -0.130. The maximum atomic E-state index is 14.2. The number of nitrogens with one attached hydrogen (secondary N) is 2. The molecule has 8 heteroatoms. The van der Waals surface area contributed by atoms with Crippen molar-refractivity contribution in [1.82, 2.24) is 10.9 Å². The molecule has 1 aliphatic rings. The van der Waals surface area contributed by atoms with Gasteiger partial charge in [0.05, 0.1) is 6.61 Å². The van der Waals surface area contributed by atoms with Crippen molar-refractivity contribution in [3.63, 3.8) is 0 Å². The normalized spacial score (nSPS) is 17.7. The van der Waals surface area contributed by atoms with E-state index in [0.717, 1.165) is 27.6 Å². The number of nitrogens with zero attached hydrogens (tertiary/aromatic N) is 1. The van der Waals surface area contributed by atoms with Gasteiger partial charge in [-0.25, -0.2) is 10.4 Å². The van der Waals surface area contributed by atoms with Crippen molar-refractivity contribution in [1.29, 1.82) is 0 Å². The van der Waals surface area contributed by atoms with Crippen LogP contribution in [0.2, 0.25) is 0 Å². The van der Waals surface area contributed by atoms with Crippen LogP contribution in [0, 0.1) is 6.92 Å². The Balaban J connectivity index is 1.45. The predicted molar refractivity (Wildman–Crippen MR) is 172 cm³/mol. The number of carbonyl (C=O) groups is 1. The first kappa shape index (κ1) is 30.5. The molecule has 0 aliphatic carbocycles. The number of hydrogen-bond donors (Lipinski definition) is 3. The molecule has 2 atom stereocenters. The van der Waals surface area contributed by atoms with Crippen LogP contribution in [0.3, 0.4) is 0 Å². The predicted octanol–water partition coefficient (Wildman–Crippen LogP) is 5.88.